The summed E-state index contributed by atoms with van der Waals surface area (Å²) in [6.07, 6.45) is 1.99. The van der Waals surface area contributed by atoms with E-state index in [0.29, 0.717) is 6.54 Å². The van der Waals surface area contributed by atoms with Crippen molar-refractivity contribution >= 4 is 5.91 Å². The molecule has 2 heterocycles. The van der Waals surface area contributed by atoms with E-state index in [2.05, 4.69) is 13.0 Å². The second-order valence-corrected chi connectivity index (χ2v) is 5.68. The number of rotatable bonds is 1. The molecular formula is C14H22N2O2. The van der Waals surface area contributed by atoms with Gasteiger partial charge < -0.3 is 9.64 Å². The summed E-state index contributed by atoms with van der Waals surface area (Å²) in [5.41, 5.74) is 0. The number of nitriles is 1. The molecule has 2 fully saturated rings. The Labute approximate surface area is 109 Å². The van der Waals surface area contributed by atoms with E-state index in [1.54, 1.807) is 0 Å². The van der Waals surface area contributed by atoms with Gasteiger partial charge in [0.15, 0.2) is 0 Å². The van der Waals surface area contributed by atoms with E-state index in [-0.39, 0.29) is 35.9 Å². The number of carbonyl (C=O) groups is 1. The van der Waals surface area contributed by atoms with Crippen molar-refractivity contribution in [3.63, 3.8) is 0 Å². The number of hydrogen-bond donors (Lipinski definition) is 0. The molecule has 5 unspecified atom stereocenters. The normalized spacial score (nSPS) is 40.6. The van der Waals surface area contributed by atoms with Crippen LogP contribution in [0.2, 0.25) is 0 Å². The molecule has 0 aromatic heterocycles. The smallest absolute Gasteiger partial charge is 0.228 e. The van der Waals surface area contributed by atoms with Gasteiger partial charge in [-0.25, -0.2) is 0 Å². The molecule has 0 spiro atoms. The SMILES string of the molecule is CC1OC(C)C(C(=O)N2CCCC(C#N)C2)C1C. The van der Waals surface area contributed by atoms with Gasteiger partial charge in [-0.2, -0.15) is 5.26 Å². The van der Waals surface area contributed by atoms with Gasteiger partial charge in [0, 0.05) is 13.1 Å². The van der Waals surface area contributed by atoms with Crippen LogP contribution in [0, 0.1) is 29.1 Å². The first-order chi connectivity index (χ1) is 8.54. The first-order valence-corrected chi connectivity index (χ1v) is 6.88. The van der Waals surface area contributed by atoms with E-state index < -0.39 is 0 Å². The number of carbonyl (C=O) groups excluding carboxylic acids is 1. The van der Waals surface area contributed by atoms with Crippen molar-refractivity contribution in [1.82, 2.24) is 4.90 Å². The van der Waals surface area contributed by atoms with Crippen molar-refractivity contribution in [2.45, 2.75) is 45.8 Å². The first-order valence-electron chi connectivity index (χ1n) is 6.88. The molecule has 2 aliphatic heterocycles. The Morgan fingerprint density at radius 1 is 1.33 bits per heavy atom. The topological polar surface area (TPSA) is 53.3 Å². The van der Waals surface area contributed by atoms with Gasteiger partial charge in [0.1, 0.15) is 0 Å². The highest BCUT2D eigenvalue weighted by molar-refractivity contribution is 5.80. The van der Waals surface area contributed by atoms with E-state index >= 15 is 0 Å². The van der Waals surface area contributed by atoms with Crippen LogP contribution in [-0.2, 0) is 9.53 Å². The number of amides is 1. The molecule has 2 saturated heterocycles. The second kappa shape index (κ2) is 5.27. The Morgan fingerprint density at radius 2 is 2.06 bits per heavy atom. The summed E-state index contributed by atoms with van der Waals surface area (Å²) < 4.78 is 5.74. The first kappa shape index (κ1) is 13.4. The van der Waals surface area contributed by atoms with Crippen LogP contribution in [0.15, 0.2) is 0 Å². The zero-order valence-corrected chi connectivity index (χ0v) is 11.4. The molecule has 18 heavy (non-hydrogen) atoms. The zero-order chi connectivity index (χ0) is 13.3. The lowest BCUT2D eigenvalue weighted by molar-refractivity contribution is -0.139. The molecule has 0 aromatic rings. The second-order valence-electron chi connectivity index (χ2n) is 5.68. The number of likely N-dealkylation sites (tertiary alicyclic amines) is 1. The molecule has 4 nitrogen and oxygen atoms in total. The predicted molar refractivity (Wildman–Crippen MR) is 67.6 cm³/mol. The summed E-state index contributed by atoms with van der Waals surface area (Å²) in [6.45, 7) is 7.49. The van der Waals surface area contributed by atoms with Gasteiger partial charge in [0.2, 0.25) is 5.91 Å². The van der Waals surface area contributed by atoms with Crippen molar-refractivity contribution in [1.29, 1.82) is 5.26 Å². The minimum Gasteiger partial charge on any atom is -0.374 e. The van der Waals surface area contributed by atoms with E-state index in [9.17, 15) is 4.79 Å². The summed E-state index contributed by atoms with van der Waals surface area (Å²) >= 11 is 0. The monoisotopic (exact) mass is 250 g/mol. The molecule has 5 atom stereocenters. The molecule has 0 saturated carbocycles. The fourth-order valence-corrected chi connectivity index (χ4v) is 3.19. The molecule has 0 N–H and O–H groups in total. The number of piperidine rings is 1. The third-order valence-corrected chi connectivity index (χ3v) is 4.44. The van der Waals surface area contributed by atoms with Gasteiger partial charge in [0.05, 0.1) is 30.1 Å². The Bertz CT molecular complexity index is 363. The van der Waals surface area contributed by atoms with Gasteiger partial charge in [-0.1, -0.05) is 6.92 Å². The maximum absolute atomic E-state index is 12.6. The highest BCUT2D eigenvalue weighted by atomic mass is 16.5. The Balaban J connectivity index is 2.05. The molecule has 0 aliphatic carbocycles. The summed E-state index contributed by atoms with van der Waals surface area (Å²) in [6, 6.07) is 2.29. The number of ether oxygens (including phenoxy) is 1. The van der Waals surface area contributed by atoms with Crippen LogP contribution in [0.5, 0.6) is 0 Å². The van der Waals surface area contributed by atoms with Gasteiger partial charge in [-0.15, -0.1) is 0 Å². The standard InChI is InChI=1S/C14H22N2O2/c1-9-10(2)18-11(3)13(9)14(17)16-6-4-5-12(7-15)8-16/h9-13H,4-6,8H2,1-3H3. The molecule has 4 heteroatoms. The summed E-state index contributed by atoms with van der Waals surface area (Å²) in [5, 5.41) is 8.99. The average molecular weight is 250 g/mol. The molecule has 0 bridgehead atoms. The molecule has 0 radical (unpaired) electrons. The quantitative estimate of drug-likeness (QED) is 0.713. The van der Waals surface area contributed by atoms with Crippen molar-refractivity contribution in [3.05, 3.63) is 0 Å². The zero-order valence-electron chi connectivity index (χ0n) is 11.4. The van der Waals surface area contributed by atoms with Crippen LogP contribution in [-0.4, -0.2) is 36.1 Å². The van der Waals surface area contributed by atoms with Crippen LogP contribution in [0.4, 0.5) is 0 Å². The van der Waals surface area contributed by atoms with Crippen LogP contribution >= 0.6 is 0 Å². The lowest BCUT2D eigenvalue weighted by Crippen LogP contribution is -2.45. The summed E-state index contributed by atoms with van der Waals surface area (Å²) in [7, 11) is 0. The van der Waals surface area contributed by atoms with Crippen LogP contribution in [0.25, 0.3) is 0 Å². The van der Waals surface area contributed by atoms with Crippen LogP contribution in [0.1, 0.15) is 33.6 Å². The van der Waals surface area contributed by atoms with E-state index in [4.69, 9.17) is 10.00 Å². The van der Waals surface area contributed by atoms with Gasteiger partial charge in [-0.3, -0.25) is 4.79 Å². The van der Waals surface area contributed by atoms with Crippen molar-refractivity contribution in [3.8, 4) is 6.07 Å². The maximum atomic E-state index is 12.6. The molecule has 2 aliphatic rings. The van der Waals surface area contributed by atoms with E-state index in [0.717, 1.165) is 19.4 Å². The van der Waals surface area contributed by atoms with E-state index in [1.165, 1.54) is 0 Å². The Morgan fingerprint density at radius 3 is 2.61 bits per heavy atom. The highest BCUT2D eigenvalue weighted by Gasteiger charge is 2.43. The van der Waals surface area contributed by atoms with Gasteiger partial charge in [-0.05, 0) is 32.6 Å². The molecule has 100 valence electrons. The van der Waals surface area contributed by atoms with Crippen LogP contribution in [0.3, 0.4) is 0 Å². The fourth-order valence-electron chi connectivity index (χ4n) is 3.19. The predicted octanol–water partition coefficient (Wildman–Crippen LogP) is 1.81. The van der Waals surface area contributed by atoms with Crippen molar-refractivity contribution in [2.75, 3.05) is 13.1 Å². The minimum absolute atomic E-state index is 0.00746. The lowest BCUT2D eigenvalue weighted by Gasteiger charge is -2.33. The third-order valence-electron chi connectivity index (χ3n) is 4.44. The molecule has 2 rings (SSSR count). The van der Waals surface area contributed by atoms with Gasteiger partial charge >= 0.3 is 0 Å². The largest absolute Gasteiger partial charge is 0.374 e. The van der Waals surface area contributed by atoms with Crippen molar-refractivity contribution in [2.24, 2.45) is 17.8 Å². The van der Waals surface area contributed by atoms with Crippen LogP contribution < -0.4 is 0 Å². The molecular weight excluding hydrogens is 228 g/mol. The Hall–Kier alpha value is -1.08. The maximum Gasteiger partial charge on any atom is 0.228 e. The Kier molecular flexibility index (Phi) is 3.91. The number of hydrogen-bond acceptors (Lipinski definition) is 3. The van der Waals surface area contributed by atoms with Gasteiger partial charge in [0.25, 0.3) is 0 Å². The highest BCUT2D eigenvalue weighted by Crippen LogP contribution is 2.34. The van der Waals surface area contributed by atoms with Crippen molar-refractivity contribution < 1.29 is 9.53 Å². The summed E-state index contributed by atoms with van der Waals surface area (Å²) in [4.78, 5) is 14.4. The lowest BCUT2D eigenvalue weighted by atomic mass is 9.87. The fraction of sp³-hybridized carbons (Fsp3) is 0.857. The average Bonchev–Trinajstić information content (AvgIpc) is 2.62. The molecule has 1 amide bonds. The molecule has 0 aromatic carbocycles. The van der Waals surface area contributed by atoms with E-state index in [1.807, 2.05) is 18.7 Å². The minimum atomic E-state index is -0.0440. The number of nitrogens with zero attached hydrogens (tertiary/aromatic N) is 2. The summed E-state index contributed by atoms with van der Waals surface area (Å²) in [5.74, 6) is 0.403. The third kappa shape index (κ3) is 2.37.